The molecule has 1 amide bonds. The molecular weight excluding hydrogens is 384 g/mol. The second-order valence-corrected chi connectivity index (χ2v) is 6.35. The number of benzene rings is 2. The van der Waals surface area contributed by atoms with E-state index in [0.29, 0.717) is 35.3 Å². The molecule has 7 heteroatoms. The minimum Gasteiger partial charge on any atom is -0.493 e. The molecule has 1 aromatic heterocycles. The lowest BCUT2D eigenvalue weighted by atomic mass is 10.2. The molecule has 1 N–H and O–H groups in total. The molecule has 7 nitrogen and oxygen atoms in total. The summed E-state index contributed by atoms with van der Waals surface area (Å²) in [5.74, 6) is 2.43. The predicted molar refractivity (Wildman–Crippen MR) is 116 cm³/mol. The largest absolute Gasteiger partial charge is 0.493 e. The number of amides is 1. The Morgan fingerprint density at radius 2 is 1.80 bits per heavy atom. The van der Waals surface area contributed by atoms with Gasteiger partial charge in [0.2, 0.25) is 0 Å². The molecule has 0 bridgehead atoms. The third-order valence-corrected chi connectivity index (χ3v) is 4.32. The van der Waals surface area contributed by atoms with Crippen molar-refractivity contribution in [2.45, 2.75) is 12.8 Å². The number of unbranched alkanes of at least 4 members (excludes halogenated alkanes) is 1. The smallest absolute Gasteiger partial charge is 0.411 e. The molecule has 0 aliphatic carbocycles. The lowest BCUT2D eigenvalue weighted by molar-refractivity contribution is 0.160. The molecule has 156 valence electrons. The number of aromatic nitrogens is 1. The van der Waals surface area contributed by atoms with Crippen LogP contribution in [0.2, 0.25) is 0 Å². The van der Waals surface area contributed by atoms with Gasteiger partial charge in [-0.25, -0.2) is 4.79 Å². The Hall–Kier alpha value is -3.74. The van der Waals surface area contributed by atoms with Crippen LogP contribution in [-0.4, -0.2) is 31.9 Å². The lowest BCUT2D eigenvalue weighted by Gasteiger charge is -2.12. The summed E-state index contributed by atoms with van der Waals surface area (Å²) in [7, 11) is 3.16. The van der Waals surface area contributed by atoms with Gasteiger partial charge in [0.05, 0.1) is 26.3 Å². The van der Waals surface area contributed by atoms with E-state index in [1.165, 1.54) is 0 Å². The van der Waals surface area contributed by atoms with Crippen molar-refractivity contribution in [3.8, 4) is 23.0 Å². The maximum atomic E-state index is 11.8. The standard InChI is InChI=1S/C23H24N2O5/c1-4-5-6-13-29-23(26)25-16-7-9-17(10-8-16)30-20-11-12-24-19-15-22(28-3)21(27-2)14-18(19)20/h4,7-12,14-15H,1,5-6,13H2,2-3H3,(H,25,26). The van der Waals surface area contributed by atoms with Crippen LogP contribution >= 0.6 is 0 Å². The summed E-state index contributed by atoms with van der Waals surface area (Å²) < 4.78 is 21.8. The van der Waals surface area contributed by atoms with Crippen molar-refractivity contribution >= 4 is 22.7 Å². The van der Waals surface area contributed by atoms with Crippen molar-refractivity contribution in [2.24, 2.45) is 0 Å². The van der Waals surface area contributed by atoms with E-state index in [-0.39, 0.29) is 0 Å². The number of hydrogen-bond acceptors (Lipinski definition) is 6. The van der Waals surface area contributed by atoms with Gasteiger partial charge in [-0.05, 0) is 49.2 Å². The zero-order valence-electron chi connectivity index (χ0n) is 17.0. The molecule has 0 saturated heterocycles. The van der Waals surface area contributed by atoms with Crippen molar-refractivity contribution in [3.63, 3.8) is 0 Å². The zero-order chi connectivity index (χ0) is 21.3. The normalized spacial score (nSPS) is 10.3. The fraction of sp³-hybridized carbons (Fsp3) is 0.217. The molecule has 0 aliphatic heterocycles. The molecule has 30 heavy (non-hydrogen) atoms. The van der Waals surface area contributed by atoms with Gasteiger partial charge in [-0.2, -0.15) is 0 Å². The molecule has 0 aliphatic rings. The van der Waals surface area contributed by atoms with E-state index in [1.54, 1.807) is 62.9 Å². The number of pyridine rings is 1. The number of nitrogens with zero attached hydrogens (tertiary/aromatic N) is 1. The van der Waals surface area contributed by atoms with Crippen LogP contribution in [0.5, 0.6) is 23.0 Å². The fourth-order valence-corrected chi connectivity index (χ4v) is 2.82. The van der Waals surface area contributed by atoms with Crippen LogP contribution < -0.4 is 19.5 Å². The van der Waals surface area contributed by atoms with Gasteiger partial charge < -0.3 is 18.9 Å². The number of hydrogen-bond donors (Lipinski definition) is 1. The van der Waals surface area contributed by atoms with Crippen molar-refractivity contribution in [3.05, 3.63) is 61.3 Å². The highest BCUT2D eigenvalue weighted by atomic mass is 16.5. The predicted octanol–water partition coefficient (Wildman–Crippen LogP) is 5.56. The van der Waals surface area contributed by atoms with E-state index in [0.717, 1.165) is 23.7 Å². The minimum atomic E-state index is -0.492. The number of fused-ring (bicyclic) bond motifs is 1. The molecule has 0 radical (unpaired) electrons. The average molecular weight is 408 g/mol. The van der Waals surface area contributed by atoms with Crippen LogP contribution in [0, 0.1) is 0 Å². The number of carbonyl (C=O) groups excluding carboxylic acids is 1. The first-order valence-corrected chi connectivity index (χ1v) is 9.48. The highest BCUT2D eigenvalue weighted by Crippen LogP contribution is 2.36. The highest BCUT2D eigenvalue weighted by molar-refractivity contribution is 5.88. The summed E-state index contributed by atoms with van der Waals surface area (Å²) in [5.41, 5.74) is 1.34. The summed E-state index contributed by atoms with van der Waals surface area (Å²) in [6.45, 7) is 3.98. The maximum Gasteiger partial charge on any atom is 0.411 e. The number of methoxy groups -OCH3 is 2. The topological polar surface area (TPSA) is 78.9 Å². The Kier molecular flexibility index (Phi) is 7.10. The number of rotatable bonds is 9. The third kappa shape index (κ3) is 5.20. The number of anilines is 1. The lowest BCUT2D eigenvalue weighted by Crippen LogP contribution is -2.14. The van der Waals surface area contributed by atoms with Crippen molar-refractivity contribution in [2.75, 3.05) is 26.1 Å². The highest BCUT2D eigenvalue weighted by Gasteiger charge is 2.11. The molecule has 2 aromatic carbocycles. The molecule has 0 unspecified atom stereocenters. The second kappa shape index (κ2) is 10.2. The molecule has 1 heterocycles. The van der Waals surface area contributed by atoms with Crippen LogP contribution in [0.4, 0.5) is 10.5 Å². The minimum absolute atomic E-state index is 0.350. The van der Waals surface area contributed by atoms with Gasteiger partial charge in [-0.1, -0.05) is 6.08 Å². The zero-order valence-corrected chi connectivity index (χ0v) is 17.0. The first-order chi connectivity index (χ1) is 14.6. The van der Waals surface area contributed by atoms with Gasteiger partial charge >= 0.3 is 6.09 Å². The van der Waals surface area contributed by atoms with E-state index < -0.39 is 6.09 Å². The maximum absolute atomic E-state index is 11.8. The van der Waals surface area contributed by atoms with Gasteiger partial charge in [0.25, 0.3) is 0 Å². The molecule has 0 saturated carbocycles. The number of ether oxygens (including phenoxy) is 4. The Labute approximate surface area is 175 Å². The number of allylic oxidation sites excluding steroid dienone is 1. The summed E-state index contributed by atoms with van der Waals surface area (Å²) in [4.78, 5) is 16.2. The van der Waals surface area contributed by atoms with Gasteiger partial charge in [0, 0.05) is 23.3 Å². The second-order valence-electron chi connectivity index (χ2n) is 6.35. The van der Waals surface area contributed by atoms with Crippen molar-refractivity contribution in [1.29, 1.82) is 0 Å². The number of carbonyl (C=O) groups is 1. The SMILES string of the molecule is C=CCCCOC(=O)Nc1ccc(Oc2ccnc3cc(OC)c(OC)cc23)cc1. The molecule has 0 spiro atoms. The van der Waals surface area contributed by atoms with Crippen molar-refractivity contribution < 1.29 is 23.7 Å². The van der Waals surface area contributed by atoms with Crippen LogP contribution in [0.25, 0.3) is 10.9 Å². The van der Waals surface area contributed by atoms with Crippen LogP contribution in [0.1, 0.15) is 12.8 Å². The molecular formula is C23H24N2O5. The van der Waals surface area contributed by atoms with E-state index in [1.807, 2.05) is 6.07 Å². The summed E-state index contributed by atoms with van der Waals surface area (Å²) in [6.07, 6.45) is 4.52. The van der Waals surface area contributed by atoms with Gasteiger partial charge in [0.1, 0.15) is 11.5 Å². The van der Waals surface area contributed by atoms with E-state index >= 15 is 0 Å². The summed E-state index contributed by atoms with van der Waals surface area (Å²) in [5, 5.41) is 3.48. The van der Waals surface area contributed by atoms with Crippen molar-refractivity contribution in [1.82, 2.24) is 4.98 Å². The van der Waals surface area contributed by atoms with Crippen LogP contribution in [0.3, 0.4) is 0 Å². The molecule has 0 fully saturated rings. The monoisotopic (exact) mass is 408 g/mol. The van der Waals surface area contributed by atoms with Gasteiger partial charge in [-0.3, -0.25) is 10.3 Å². The quantitative estimate of drug-likeness (QED) is 0.369. The molecule has 3 aromatic rings. The molecule has 3 rings (SSSR count). The van der Waals surface area contributed by atoms with E-state index in [9.17, 15) is 4.79 Å². The van der Waals surface area contributed by atoms with E-state index in [2.05, 4.69) is 16.9 Å². The van der Waals surface area contributed by atoms with Gasteiger partial charge in [-0.15, -0.1) is 6.58 Å². The van der Waals surface area contributed by atoms with Crippen LogP contribution in [-0.2, 0) is 4.74 Å². The summed E-state index contributed by atoms with van der Waals surface area (Å²) in [6, 6.07) is 12.4. The van der Waals surface area contributed by atoms with E-state index in [4.69, 9.17) is 18.9 Å². The first kappa shape index (κ1) is 21.0. The summed E-state index contributed by atoms with van der Waals surface area (Å²) >= 11 is 0. The number of nitrogens with one attached hydrogen (secondary N) is 1. The first-order valence-electron chi connectivity index (χ1n) is 9.48. The van der Waals surface area contributed by atoms with Crippen LogP contribution in [0.15, 0.2) is 61.3 Å². The average Bonchev–Trinajstić information content (AvgIpc) is 2.77. The Bertz CT molecular complexity index is 1020. The Balaban J connectivity index is 1.70. The third-order valence-electron chi connectivity index (χ3n) is 4.32. The van der Waals surface area contributed by atoms with Gasteiger partial charge in [0.15, 0.2) is 11.5 Å². The fourth-order valence-electron chi connectivity index (χ4n) is 2.82. The Morgan fingerprint density at radius 3 is 2.50 bits per heavy atom. The Morgan fingerprint density at radius 1 is 1.07 bits per heavy atom. The molecule has 0 atom stereocenters.